The summed E-state index contributed by atoms with van der Waals surface area (Å²) < 4.78 is 0. The van der Waals surface area contributed by atoms with Crippen molar-refractivity contribution in [1.29, 1.82) is 0 Å². The van der Waals surface area contributed by atoms with Crippen LogP contribution in [0.4, 0.5) is 5.69 Å². The van der Waals surface area contributed by atoms with Crippen LogP contribution in [0.5, 0.6) is 5.75 Å². The minimum atomic E-state index is -0.988. The fourth-order valence-electron chi connectivity index (χ4n) is 1.69. The molecule has 2 aromatic rings. The van der Waals surface area contributed by atoms with Crippen LogP contribution >= 0.6 is 0 Å². The zero-order chi connectivity index (χ0) is 16.7. The molecule has 0 amide bonds. The summed E-state index contributed by atoms with van der Waals surface area (Å²) >= 11 is 0. The lowest BCUT2D eigenvalue weighted by atomic mass is 10.1. The third kappa shape index (κ3) is 4.18. The molecule has 0 unspecified atom stereocenters. The first-order valence-corrected chi connectivity index (χ1v) is 6.38. The van der Waals surface area contributed by atoms with E-state index in [4.69, 9.17) is 21.1 Å². The van der Waals surface area contributed by atoms with Crippen LogP contribution < -0.4 is 5.73 Å². The van der Waals surface area contributed by atoms with E-state index in [1.807, 2.05) is 0 Å². The minimum absolute atomic E-state index is 0.0379. The van der Waals surface area contributed by atoms with Crippen LogP contribution in [0.3, 0.4) is 0 Å². The maximum atomic E-state index is 10.3. The van der Waals surface area contributed by atoms with E-state index in [-0.39, 0.29) is 24.5 Å². The first-order valence-electron chi connectivity index (χ1n) is 6.38. The minimum Gasteiger partial charge on any atom is -0.506 e. The van der Waals surface area contributed by atoms with Gasteiger partial charge in [-0.25, -0.2) is 4.79 Å². The van der Waals surface area contributed by atoms with Crippen LogP contribution in [0.25, 0.3) is 0 Å². The highest BCUT2D eigenvalue weighted by atomic mass is 16.4. The summed E-state index contributed by atoms with van der Waals surface area (Å²) in [6.07, 6.45) is 1.45. The molecule has 2 rings (SSSR count). The van der Waals surface area contributed by atoms with Crippen LogP contribution in [0, 0.1) is 6.92 Å². The molecular formula is C15H18N2O5. The number of aromatic carboxylic acids is 1. The fraction of sp³-hybridized carbons (Fsp3) is 0.200. The van der Waals surface area contributed by atoms with Gasteiger partial charge in [0.05, 0.1) is 24.5 Å². The van der Waals surface area contributed by atoms with E-state index >= 15 is 0 Å². The number of hydrogen-bond acceptors (Lipinski definition) is 6. The van der Waals surface area contributed by atoms with Crippen molar-refractivity contribution < 1.29 is 25.2 Å². The SMILES string of the molecule is Cc1ncc(CO)c(CO)c1O.Nc1ccccc1C(=O)O. The number of aliphatic hydroxyl groups is 2. The van der Waals surface area contributed by atoms with E-state index in [1.54, 1.807) is 25.1 Å². The molecule has 0 bridgehead atoms. The third-order valence-corrected chi connectivity index (χ3v) is 2.95. The lowest BCUT2D eigenvalue weighted by molar-refractivity contribution is 0.0698. The monoisotopic (exact) mass is 306 g/mol. The van der Waals surface area contributed by atoms with Gasteiger partial charge in [-0.05, 0) is 19.1 Å². The van der Waals surface area contributed by atoms with Gasteiger partial charge in [0.25, 0.3) is 0 Å². The van der Waals surface area contributed by atoms with Crippen molar-refractivity contribution in [3.8, 4) is 5.75 Å². The second-order valence-corrected chi connectivity index (χ2v) is 4.40. The number of carboxylic acids is 1. The van der Waals surface area contributed by atoms with E-state index in [0.717, 1.165) is 0 Å². The summed E-state index contributed by atoms with van der Waals surface area (Å²) in [6, 6.07) is 6.36. The van der Waals surface area contributed by atoms with Gasteiger partial charge in [-0.2, -0.15) is 0 Å². The summed E-state index contributed by atoms with van der Waals surface area (Å²) in [6.45, 7) is 1.12. The van der Waals surface area contributed by atoms with Crippen molar-refractivity contribution in [2.45, 2.75) is 20.1 Å². The van der Waals surface area contributed by atoms with Gasteiger partial charge in [0.1, 0.15) is 5.75 Å². The van der Waals surface area contributed by atoms with Gasteiger partial charge in [0.15, 0.2) is 0 Å². The number of aryl methyl sites for hydroxylation is 1. The molecule has 0 spiro atoms. The van der Waals surface area contributed by atoms with Gasteiger partial charge in [0, 0.05) is 23.0 Å². The van der Waals surface area contributed by atoms with Crippen molar-refractivity contribution in [2.75, 3.05) is 5.73 Å². The predicted octanol–water partition coefficient (Wildman–Crippen LogP) is 1.05. The summed E-state index contributed by atoms with van der Waals surface area (Å²) in [4.78, 5) is 14.2. The maximum absolute atomic E-state index is 10.3. The van der Waals surface area contributed by atoms with Crippen molar-refractivity contribution in [3.63, 3.8) is 0 Å². The highest BCUT2D eigenvalue weighted by Crippen LogP contribution is 2.23. The van der Waals surface area contributed by atoms with Gasteiger partial charge in [0.2, 0.25) is 0 Å². The number of carboxylic acid groups (broad SMARTS) is 1. The number of benzene rings is 1. The lowest BCUT2D eigenvalue weighted by Crippen LogP contribution is -2.00. The Morgan fingerprint density at radius 3 is 2.32 bits per heavy atom. The fourth-order valence-corrected chi connectivity index (χ4v) is 1.69. The van der Waals surface area contributed by atoms with Crippen molar-refractivity contribution in [3.05, 3.63) is 52.8 Å². The van der Waals surface area contributed by atoms with Gasteiger partial charge in [-0.1, -0.05) is 12.1 Å². The number of aromatic nitrogens is 1. The zero-order valence-electron chi connectivity index (χ0n) is 12.0. The number of aromatic hydroxyl groups is 1. The Morgan fingerprint density at radius 2 is 1.86 bits per heavy atom. The van der Waals surface area contributed by atoms with Gasteiger partial charge >= 0.3 is 5.97 Å². The lowest BCUT2D eigenvalue weighted by Gasteiger charge is -2.07. The first-order chi connectivity index (χ1) is 10.4. The normalized spacial score (nSPS) is 9.77. The molecule has 7 heteroatoms. The molecule has 1 heterocycles. The molecule has 118 valence electrons. The zero-order valence-corrected chi connectivity index (χ0v) is 12.0. The van der Waals surface area contributed by atoms with Crippen LogP contribution in [0.15, 0.2) is 30.5 Å². The first kappa shape index (κ1) is 17.4. The molecule has 7 nitrogen and oxygen atoms in total. The number of nitrogens with zero attached hydrogens (tertiary/aromatic N) is 1. The number of nitrogen functional groups attached to an aromatic ring is 1. The Balaban J connectivity index is 0.000000224. The molecule has 0 saturated heterocycles. The third-order valence-electron chi connectivity index (χ3n) is 2.95. The van der Waals surface area contributed by atoms with E-state index in [1.165, 1.54) is 12.3 Å². The van der Waals surface area contributed by atoms with Crippen LogP contribution in [0.2, 0.25) is 0 Å². The summed E-state index contributed by atoms with van der Waals surface area (Å²) in [5, 5.41) is 35.5. The number of pyridine rings is 1. The molecule has 22 heavy (non-hydrogen) atoms. The molecule has 0 fully saturated rings. The largest absolute Gasteiger partial charge is 0.506 e. The number of para-hydroxylation sites is 1. The van der Waals surface area contributed by atoms with E-state index in [2.05, 4.69) is 4.98 Å². The van der Waals surface area contributed by atoms with Crippen molar-refractivity contribution in [2.24, 2.45) is 0 Å². The second-order valence-electron chi connectivity index (χ2n) is 4.40. The molecule has 0 aliphatic rings. The summed E-state index contributed by atoms with van der Waals surface area (Å²) in [5.74, 6) is -1.03. The van der Waals surface area contributed by atoms with E-state index < -0.39 is 5.97 Å². The van der Waals surface area contributed by atoms with Crippen molar-refractivity contribution >= 4 is 11.7 Å². The Kier molecular flexibility index (Phi) is 6.30. The van der Waals surface area contributed by atoms with Gasteiger partial charge in [-0.3, -0.25) is 4.98 Å². The Hall–Kier alpha value is -2.64. The molecule has 0 radical (unpaired) electrons. The van der Waals surface area contributed by atoms with Crippen LogP contribution in [-0.4, -0.2) is 31.4 Å². The smallest absolute Gasteiger partial charge is 0.337 e. The van der Waals surface area contributed by atoms with Crippen LogP contribution in [0.1, 0.15) is 27.2 Å². The average Bonchev–Trinajstić information content (AvgIpc) is 2.50. The average molecular weight is 306 g/mol. The molecule has 0 aliphatic carbocycles. The number of anilines is 1. The molecule has 1 aromatic carbocycles. The second kappa shape index (κ2) is 7.96. The van der Waals surface area contributed by atoms with Gasteiger partial charge < -0.3 is 26.2 Å². The molecule has 0 atom stereocenters. The Morgan fingerprint density at radius 1 is 1.23 bits per heavy atom. The number of hydrogen-bond donors (Lipinski definition) is 5. The quantitative estimate of drug-likeness (QED) is 0.534. The van der Waals surface area contributed by atoms with Crippen molar-refractivity contribution in [1.82, 2.24) is 4.98 Å². The number of carbonyl (C=O) groups is 1. The van der Waals surface area contributed by atoms with E-state index in [0.29, 0.717) is 22.5 Å². The molecule has 1 aromatic heterocycles. The Bertz CT molecular complexity index is 658. The molecular weight excluding hydrogens is 288 g/mol. The van der Waals surface area contributed by atoms with Gasteiger partial charge in [-0.15, -0.1) is 0 Å². The summed E-state index contributed by atoms with van der Waals surface area (Å²) in [7, 11) is 0. The standard InChI is InChI=1S/C8H11NO3.C7H7NO2/c1-5-8(12)7(4-11)6(3-10)2-9-5;8-6-4-2-1-3-5(6)7(9)10/h2,10-12H,3-4H2,1H3;1-4H,8H2,(H,9,10). The number of aliphatic hydroxyl groups excluding tert-OH is 2. The number of nitrogens with two attached hydrogens (primary N) is 1. The topological polar surface area (TPSA) is 137 Å². The molecule has 0 saturated carbocycles. The highest BCUT2D eigenvalue weighted by Gasteiger charge is 2.09. The van der Waals surface area contributed by atoms with E-state index in [9.17, 15) is 9.90 Å². The van der Waals surface area contributed by atoms with Crippen LogP contribution in [-0.2, 0) is 13.2 Å². The highest BCUT2D eigenvalue weighted by molar-refractivity contribution is 5.93. The summed E-state index contributed by atoms with van der Waals surface area (Å²) in [5.41, 5.74) is 7.06. The predicted molar refractivity (Wildman–Crippen MR) is 80.3 cm³/mol. The molecule has 0 aliphatic heterocycles. The number of rotatable bonds is 3. The maximum Gasteiger partial charge on any atom is 0.337 e. The Labute approximate surface area is 127 Å². The molecule has 6 N–H and O–H groups in total.